The van der Waals surface area contributed by atoms with Gasteiger partial charge in [0.2, 0.25) is 0 Å². The van der Waals surface area contributed by atoms with Crippen LogP contribution in [0.25, 0.3) is 16.3 Å². The van der Waals surface area contributed by atoms with Crippen molar-refractivity contribution in [3.05, 3.63) is 66.2 Å². The average molecular weight is 378 g/mol. The van der Waals surface area contributed by atoms with Crippen molar-refractivity contribution in [2.45, 2.75) is 19.4 Å². The second-order valence-corrected chi connectivity index (χ2v) is 8.49. The molecule has 1 fully saturated rings. The Balaban J connectivity index is 1.36. The van der Waals surface area contributed by atoms with Gasteiger partial charge >= 0.3 is 0 Å². The lowest BCUT2D eigenvalue weighted by Gasteiger charge is -2.41. The molecule has 3 aromatic rings. The largest absolute Gasteiger partial charge is 0.348 e. The summed E-state index contributed by atoms with van der Waals surface area (Å²) in [5.41, 5.74) is 2.39. The van der Waals surface area contributed by atoms with E-state index in [0.29, 0.717) is 12.0 Å². The van der Waals surface area contributed by atoms with E-state index < -0.39 is 0 Å². The van der Waals surface area contributed by atoms with Gasteiger partial charge in [0.05, 0.1) is 10.2 Å². The van der Waals surface area contributed by atoms with Crippen molar-refractivity contribution < 1.29 is 0 Å². The number of hydrogen-bond donors (Lipinski definition) is 0. The monoisotopic (exact) mass is 377 g/mol. The zero-order valence-corrected chi connectivity index (χ0v) is 16.9. The van der Waals surface area contributed by atoms with Crippen LogP contribution in [-0.2, 0) is 0 Å². The van der Waals surface area contributed by atoms with Crippen molar-refractivity contribution in [1.82, 2.24) is 9.88 Å². The van der Waals surface area contributed by atoms with Gasteiger partial charge in [-0.05, 0) is 30.0 Å². The lowest BCUT2D eigenvalue weighted by molar-refractivity contribution is 0.177. The molecule has 0 amide bonds. The summed E-state index contributed by atoms with van der Waals surface area (Å²) in [7, 11) is 2.21. The molecular formula is C23H27N3S. The summed E-state index contributed by atoms with van der Waals surface area (Å²) in [5, 5.41) is 1.14. The van der Waals surface area contributed by atoms with Gasteiger partial charge in [0, 0.05) is 32.7 Å². The molecule has 1 aliphatic rings. The van der Waals surface area contributed by atoms with Crippen LogP contribution in [0.4, 0.5) is 5.13 Å². The third-order valence-electron chi connectivity index (χ3n) is 5.50. The van der Waals surface area contributed by atoms with E-state index >= 15 is 0 Å². The van der Waals surface area contributed by atoms with Crippen molar-refractivity contribution >= 4 is 32.8 Å². The fourth-order valence-corrected chi connectivity index (χ4v) is 5.00. The van der Waals surface area contributed by atoms with Gasteiger partial charge in [-0.25, -0.2) is 4.98 Å². The molecule has 0 radical (unpaired) electrons. The summed E-state index contributed by atoms with van der Waals surface area (Å²) in [5.74, 6) is 0.626. The van der Waals surface area contributed by atoms with Crippen LogP contribution in [-0.4, -0.2) is 42.6 Å². The first kappa shape index (κ1) is 18.2. The van der Waals surface area contributed by atoms with Crippen LogP contribution in [0.1, 0.15) is 18.9 Å². The van der Waals surface area contributed by atoms with Gasteiger partial charge in [-0.15, -0.1) is 0 Å². The predicted molar refractivity (Wildman–Crippen MR) is 118 cm³/mol. The molecule has 2 aromatic carbocycles. The van der Waals surface area contributed by atoms with Crippen LogP contribution in [0.3, 0.4) is 0 Å². The Bertz CT molecular complexity index is 869. The first-order chi connectivity index (χ1) is 13.2. The molecule has 0 aliphatic carbocycles. The zero-order valence-electron chi connectivity index (χ0n) is 16.1. The fourth-order valence-electron chi connectivity index (χ4n) is 4.02. The summed E-state index contributed by atoms with van der Waals surface area (Å²) >= 11 is 1.80. The molecule has 27 heavy (non-hydrogen) atoms. The molecule has 1 saturated heterocycles. The van der Waals surface area contributed by atoms with E-state index in [2.05, 4.69) is 90.5 Å². The van der Waals surface area contributed by atoms with Gasteiger partial charge in [0.1, 0.15) is 0 Å². The van der Waals surface area contributed by atoms with Crippen molar-refractivity contribution in [3.63, 3.8) is 0 Å². The highest BCUT2D eigenvalue weighted by atomic mass is 32.1. The molecule has 1 aromatic heterocycles. The molecule has 2 unspecified atom stereocenters. The van der Waals surface area contributed by atoms with E-state index in [1.165, 1.54) is 16.7 Å². The lowest BCUT2D eigenvalue weighted by Crippen LogP contribution is -2.49. The van der Waals surface area contributed by atoms with E-state index in [-0.39, 0.29) is 0 Å². The molecule has 2 atom stereocenters. The molecule has 2 heterocycles. The number of fused-ring (bicyclic) bond motifs is 1. The number of likely N-dealkylation sites (tertiary alicyclic amines) is 1. The van der Waals surface area contributed by atoms with Gasteiger partial charge < -0.3 is 4.90 Å². The number of piperidine rings is 1. The molecule has 4 rings (SSSR count). The Morgan fingerprint density at radius 1 is 1.15 bits per heavy atom. The van der Waals surface area contributed by atoms with Crippen LogP contribution in [0.2, 0.25) is 0 Å². The molecule has 0 saturated carbocycles. The normalized spacial score (nSPS) is 21.1. The Labute approximate surface area is 166 Å². The summed E-state index contributed by atoms with van der Waals surface area (Å²) in [6.07, 6.45) is 5.70. The highest BCUT2D eigenvalue weighted by Gasteiger charge is 2.29. The van der Waals surface area contributed by atoms with Crippen LogP contribution in [0, 0.1) is 5.92 Å². The minimum atomic E-state index is 0.555. The maximum absolute atomic E-state index is 4.84. The van der Waals surface area contributed by atoms with Gasteiger partial charge in [-0.1, -0.05) is 72.9 Å². The van der Waals surface area contributed by atoms with Gasteiger partial charge in [0.15, 0.2) is 5.13 Å². The van der Waals surface area contributed by atoms with E-state index in [1.54, 1.807) is 11.3 Å². The fraction of sp³-hybridized carbons (Fsp3) is 0.348. The first-order valence-corrected chi connectivity index (χ1v) is 10.5. The molecule has 3 nitrogen and oxygen atoms in total. The summed E-state index contributed by atoms with van der Waals surface area (Å²) in [4.78, 5) is 9.82. The third kappa shape index (κ3) is 4.23. The summed E-state index contributed by atoms with van der Waals surface area (Å²) in [6, 6.07) is 19.5. The number of para-hydroxylation sites is 1. The maximum Gasteiger partial charge on any atom is 0.186 e. The van der Waals surface area contributed by atoms with Gasteiger partial charge in [-0.3, -0.25) is 4.90 Å². The van der Waals surface area contributed by atoms with Gasteiger partial charge in [0.25, 0.3) is 0 Å². The Hall–Kier alpha value is -2.17. The zero-order chi connectivity index (χ0) is 18.6. The quantitative estimate of drug-likeness (QED) is 0.612. The lowest BCUT2D eigenvalue weighted by atomic mass is 9.93. The van der Waals surface area contributed by atoms with Crippen LogP contribution in [0.15, 0.2) is 60.7 Å². The summed E-state index contributed by atoms with van der Waals surface area (Å²) in [6.45, 7) is 5.68. The molecule has 0 bridgehead atoms. The highest BCUT2D eigenvalue weighted by molar-refractivity contribution is 7.22. The number of nitrogens with zero attached hydrogens (tertiary/aromatic N) is 3. The van der Waals surface area contributed by atoms with E-state index in [1.807, 2.05) is 0 Å². The summed E-state index contributed by atoms with van der Waals surface area (Å²) < 4.78 is 1.27. The smallest absolute Gasteiger partial charge is 0.186 e. The number of thiazole rings is 1. The average Bonchev–Trinajstić information content (AvgIpc) is 3.13. The third-order valence-corrected chi connectivity index (χ3v) is 6.63. The molecule has 0 N–H and O–H groups in total. The second kappa shape index (κ2) is 8.24. The van der Waals surface area contributed by atoms with Gasteiger partial charge in [-0.2, -0.15) is 0 Å². The van der Waals surface area contributed by atoms with E-state index in [9.17, 15) is 0 Å². The van der Waals surface area contributed by atoms with E-state index in [4.69, 9.17) is 4.98 Å². The maximum atomic E-state index is 4.84. The predicted octanol–water partition coefficient (Wildman–Crippen LogP) is 5.16. The minimum absolute atomic E-state index is 0.555. The molecule has 0 spiro atoms. The molecule has 4 heteroatoms. The van der Waals surface area contributed by atoms with E-state index in [0.717, 1.165) is 30.3 Å². The minimum Gasteiger partial charge on any atom is -0.348 e. The first-order valence-electron chi connectivity index (χ1n) is 9.73. The van der Waals surface area contributed by atoms with Crippen molar-refractivity contribution in [1.29, 1.82) is 0 Å². The van der Waals surface area contributed by atoms with Crippen molar-refractivity contribution in [3.8, 4) is 0 Å². The van der Waals surface area contributed by atoms with Crippen LogP contribution in [0.5, 0.6) is 0 Å². The number of aromatic nitrogens is 1. The number of hydrogen-bond acceptors (Lipinski definition) is 4. The number of anilines is 1. The molecular weight excluding hydrogens is 350 g/mol. The number of benzene rings is 2. The molecule has 1 aliphatic heterocycles. The topological polar surface area (TPSA) is 19.4 Å². The van der Waals surface area contributed by atoms with Crippen LogP contribution < -0.4 is 4.90 Å². The van der Waals surface area contributed by atoms with Crippen molar-refractivity contribution in [2.75, 3.05) is 31.6 Å². The second-order valence-electron chi connectivity index (χ2n) is 7.48. The standard InChI is InChI=1S/C23H27N3S/c1-18-17-26(15-8-11-19-9-4-3-5-10-19)16-14-21(18)25(2)23-24-20-12-6-7-13-22(20)27-23/h3-13,18,21H,14-17H2,1-2H3/b11-8+. The Morgan fingerprint density at radius 2 is 1.93 bits per heavy atom. The Kier molecular flexibility index (Phi) is 5.55. The highest BCUT2D eigenvalue weighted by Crippen LogP contribution is 2.32. The Morgan fingerprint density at radius 3 is 2.70 bits per heavy atom. The molecule has 140 valence electrons. The number of rotatable bonds is 5. The van der Waals surface area contributed by atoms with Crippen LogP contribution >= 0.6 is 11.3 Å². The SMILES string of the molecule is CC1CN(C/C=C/c2ccccc2)CCC1N(C)c1nc2ccccc2s1. The van der Waals surface area contributed by atoms with Crippen molar-refractivity contribution in [2.24, 2.45) is 5.92 Å².